The largest absolute Gasteiger partial charge is 0.416 e. The first kappa shape index (κ1) is 28.8. The van der Waals surface area contributed by atoms with E-state index in [1.54, 1.807) is 33.0 Å². The normalized spacial score (nSPS) is 18.1. The second kappa shape index (κ2) is 11.3. The Labute approximate surface area is 237 Å². The van der Waals surface area contributed by atoms with Crippen molar-refractivity contribution >= 4 is 28.4 Å². The maximum absolute atomic E-state index is 13.4. The van der Waals surface area contributed by atoms with Crippen molar-refractivity contribution in [3.63, 3.8) is 0 Å². The van der Waals surface area contributed by atoms with Gasteiger partial charge in [-0.2, -0.15) is 13.2 Å². The zero-order chi connectivity index (χ0) is 29.5. The molecule has 0 saturated carbocycles. The molecule has 2 fully saturated rings. The number of rotatable bonds is 5. The van der Waals surface area contributed by atoms with E-state index in [-0.39, 0.29) is 17.4 Å². The highest BCUT2D eigenvalue weighted by Gasteiger charge is 2.32. The summed E-state index contributed by atoms with van der Waals surface area (Å²) in [7, 11) is 3.72. The number of hydrogen-bond acceptors (Lipinski definition) is 7. The summed E-state index contributed by atoms with van der Waals surface area (Å²) in [5.41, 5.74) is 0.474. The van der Waals surface area contributed by atoms with Crippen molar-refractivity contribution in [1.29, 1.82) is 0 Å². The van der Waals surface area contributed by atoms with E-state index in [2.05, 4.69) is 27.2 Å². The maximum atomic E-state index is 13.4. The third kappa shape index (κ3) is 6.02. The minimum Gasteiger partial charge on any atom is -0.367 e. The van der Waals surface area contributed by atoms with Gasteiger partial charge in [0.2, 0.25) is 5.91 Å². The summed E-state index contributed by atoms with van der Waals surface area (Å²) in [4.78, 5) is 41.8. The second-order valence-corrected chi connectivity index (χ2v) is 11.1. The molecule has 220 valence electrons. The molecule has 2 saturated heterocycles. The van der Waals surface area contributed by atoms with Gasteiger partial charge in [-0.15, -0.1) is 0 Å². The van der Waals surface area contributed by atoms with Crippen LogP contribution >= 0.6 is 0 Å². The number of fused-ring (bicyclic) bond motifs is 1. The van der Waals surface area contributed by atoms with E-state index in [4.69, 9.17) is 0 Å². The lowest BCUT2D eigenvalue weighted by Gasteiger charge is -2.38. The molecule has 1 atom stereocenters. The number of alkyl halides is 3. The van der Waals surface area contributed by atoms with Gasteiger partial charge >= 0.3 is 6.18 Å². The van der Waals surface area contributed by atoms with Gasteiger partial charge in [-0.1, -0.05) is 12.1 Å². The van der Waals surface area contributed by atoms with E-state index < -0.39 is 17.8 Å². The molecule has 0 radical (unpaired) electrons. The minimum absolute atomic E-state index is 0.0597. The van der Waals surface area contributed by atoms with E-state index >= 15 is 0 Å². The summed E-state index contributed by atoms with van der Waals surface area (Å²) in [5.74, 6) is 1.01. The van der Waals surface area contributed by atoms with Crippen molar-refractivity contribution in [2.75, 3.05) is 56.5 Å². The summed E-state index contributed by atoms with van der Waals surface area (Å²) in [6, 6.07) is 6.47. The standard InChI is InChI=1S/C29H36F3N7O2/c1-18(21-6-5-7-22(16-21)29(30,31)32)33-25-23-17-24(28(41)37(4)26(23)35-19(2)34-25)38-10-8-20(9-11-38)27(40)39-14-12-36(3)13-15-39/h5-7,16-18,20H,8-15H2,1-4H3,(H,33,34,35)/t18-/m1/s1. The Bertz CT molecular complexity index is 1490. The number of halogens is 3. The number of amides is 1. The first-order valence-corrected chi connectivity index (χ1v) is 14.0. The minimum atomic E-state index is -4.44. The van der Waals surface area contributed by atoms with Crippen LogP contribution in [-0.2, 0) is 18.0 Å². The first-order valence-electron chi connectivity index (χ1n) is 14.0. The van der Waals surface area contributed by atoms with Crippen molar-refractivity contribution < 1.29 is 18.0 Å². The quantitative estimate of drug-likeness (QED) is 0.499. The fourth-order valence-corrected chi connectivity index (χ4v) is 5.68. The number of benzene rings is 1. The molecule has 2 aliphatic heterocycles. The van der Waals surface area contributed by atoms with Crippen molar-refractivity contribution in [3.05, 3.63) is 57.6 Å². The maximum Gasteiger partial charge on any atom is 0.416 e. The highest BCUT2D eigenvalue weighted by molar-refractivity contribution is 5.89. The molecule has 9 nitrogen and oxygen atoms in total. The number of piperidine rings is 1. The molecule has 2 aliphatic rings. The monoisotopic (exact) mass is 571 g/mol. The lowest BCUT2D eigenvalue weighted by Crippen LogP contribution is -2.50. The predicted octanol–water partition coefficient (Wildman–Crippen LogP) is 3.82. The van der Waals surface area contributed by atoms with Gasteiger partial charge in [-0.05, 0) is 57.5 Å². The fourth-order valence-electron chi connectivity index (χ4n) is 5.68. The van der Waals surface area contributed by atoms with E-state index in [0.717, 1.165) is 38.3 Å². The van der Waals surface area contributed by atoms with Crippen LogP contribution in [0.4, 0.5) is 24.7 Å². The molecule has 5 rings (SSSR count). The van der Waals surface area contributed by atoms with Crippen LogP contribution in [0.1, 0.15) is 42.8 Å². The Balaban J connectivity index is 1.39. The number of aromatic nitrogens is 3. The van der Waals surface area contributed by atoms with Crippen molar-refractivity contribution in [1.82, 2.24) is 24.3 Å². The van der Waals surface area contributed by atoms with Crippen LogP contribution in [-0.4, -0.2) is 76.6 Å². The van der Waals surface area contributed by atoms with Crippen LogP contribution in [0.25, 0.3) is 11.0 Å². The summed E-state index contributed by atoms with van der Waals surface area (Å²) < 4.78 is 41.4. The molecule has 0 bridgehead atoms. The van der Waals surface area contributed by atoms with Gasteiger partial charge in [0.25, 0.3) is 5.56 Å². The van der Waals surface area contributed by atoms with Crippen molar-refractivity contribution in [3.8, 4) is 0 Å². The van der Waals surface area contributed by atoms with E-state index in [9.17, 15) is 22.8 Å². The highest BCUT2D eigenvalue weighted by atomic mass is 19.4. The topological polar surface area (TPSA) is 86.6 Å². The number of piperazine rings is 1. The number of nitrogens with one attached hydrogen (secondary N) is 1. The summed E-state index contributed by atoms with van der Waals surface area (Å²) in [6.45, 7) is 7.86. The molecule has 12 heteroatoms. The van der Waals surface area contributed by atoms with Gasteiger partial charge in [0.05, 0.1) is 10.9 Å². The molecule has 0 unspecified atom stereocenters. The second-order valence-electron chi connectivity index (χ2n) is 11.1. The lowest BCUT2D eigenvalue weighted by molar-refractivity contribution is -0.138. The molecule has 4 heterocycles. The lowest BCUT2D eigenvalue weighted by atomic mass is 9.94. The molecule has 3 aromatic rings. The molecule has 0 aliphatic carbocycles. The van der Waals surface area contributed by atoms with Crippen LogP contribution in [0.5, 0.6) is 0 Å². The van der Waals surface area contributed by atoms with Crippen molar-refractivity contribution in [2.24, 2.45) is 13.0 Å². The molecule has 1 N–H and O–H groups in total. The Morgan fingerprint density at radius 1 is 1.02 bits per heavy atom. The van der Waals surface area contributed by atoms with Crippen LogP contribution in [0, 0.1) is 12.8 Å². The highest BCUT2D eigenvalue weighted by Crippen LogP contribution is 2.33. The Hall–Kier alpha value is -3.67. The fraction of sp³-hybridized carbons (Fsp3) is 0.517. The van der Waals surface area contributed by atoms with Gasteiger partial charge in [-0.25, -0.2) is 9.97 Å². The number of pyridine rings is 1. The first-order chi connectivity index (χ1) is 19.4. The molecular formula is C29H36F3N7O2. The van der Waals surface area contributed by atoms with Gasteiger partial charge in [0.15, 0.2) is 0 Å². The van der Waals surface area contributed by atoms with Crippen LogP contribution in [0.2, 0.25) is 0 Å². The number of anilines is 2. The van der Waals surface area contributed by atoms with E-state index in [1.807, 2.05) is 9.80 Å². The molecule has 41 heavy (non-hydrogen) atoms. The number of aryl methyl sites for hydroxylation is 2. The Morgan fingerprint density at radius 2 is 1.71 bits per heavy atom. The van der Waals surface area contributed by atoms with Gasteiger partial charge < -0.3 is 20.0 Å². The van der Waals surface area contributed by atoms with Crippen molar-refractivity contribution in [2.45, 2.75) is 38.9 Å². The van der Waals surface area contributed by atoms with E-state index in [0.29, 0.717) is 59.9 Å². The molecule has 1 amide bonds. The number of hydrogen-bond donors (Lipinski definition) is 1. The van der Waals surface area contributed by atoms with Gasteiger partial charge in [0.1, 0.15) is 23.0 Å². The Kier molecular flexibility index (Phi) is 7.95. The average molecular weight is 572 g/mol. The van der Waals surface area contributed by atoms with Gasteiger partial charge in [-0.3, -0.25) is 14.2 Å². The number of carbonyl (C=O) groups is 1. The summed E-state index contributed by atoms with van der Waals surface area (Å²) in [5, 5.41) is 3.85. The predicted molar refractivity (Wildman–Crippen MR) is 152 cm³/mol. The molecule has 2 aromatic heterocycles. The summed E-state index contributed by atoms with van der Waals surface area (Å²) >= 11 is 0. The zero-order valence-electron chi connectivity index (χ0n) is 23.8. The third-order valence-corrected chi connectivity index (χ3v) is 8.23. The van der Waals surface area contributed by atoms with Crippen LogP contribution < -0.4 is 15.8 Å². The SMILES string of the molecule is Cc1nc(N[C@H](C)c2cccc(C(F)(F)F)c2)c2cc(N3CCC(C(=O)N4CCN(C)CC4)CC3)c(=O)n(C)c2n1. The molecule has 1 aromatic carbocycles. The number of carbonyl (C=O) groups excluding carboxylic acids is 1. The average Bonchev–Trinajstić information content (AvgIpc) is 2.95. The van der Waals surface area contributed by atoms with Crippen LogP contribution in [0.15, 0.2) is 35.1 Å². The van der Waals surface area contributed by atoms with E-state index in [1.165, 1.54) is 10.6 Å². The van der Waals surface area contributed by atoms with Crippen LogP contribution in [0.3, 0.4) is 0 Å². The van der Waals surface area contributed by atoms with Gasteiger partial charge in [0, 0.05) is 58.3 Å². The smallest absolute Gasteiger partial charge is 0.367 e. The molecule has 0 spiro atoms. The third-order valence-electron chi connectivity index (χ3n) is 8.23. The zero-order valence-corrected chi connectivity index (χ0v) is 23.8. The molecular weight excluding hydrogens is 535 g/mol. The number of likely N-dealkylation sites (N-methyl/N-ethyl adjacent to an activating group) is 1. The number of nitrogens with zero attached hydrogens (tertiary/aromatic N) is 6. The Morgan fingerprint density at radius 3 is 2.37 bits per heavy atom. The summed E-state index contributed by atoms with van der Waals surface area (Å²) in [6.07, 6.45) is -3.12.